The summed E-state index contributed by atoms with van der Waals surface area (Å²) >= 11 is 0. The van der Waals surface area contributed by atoms with Crippen LogP contribution in [0.4, 0.5) is 13.2 Å². The van der Waals surface area contributed by atoms with Gasteiger partial charge in [-0.25, -0.2) is 9.78 Å². The van der Waals surface area contributed by atoms with Gasteiger partial charge in [0, 0.05) is 23.7 Å². The number of alkyl halides is 3. The van der Waals surface area contributed by atoms with Crippen molar-refractivity contribution in [2.75, 3.05) is 26.7 Å². The van der Waals surface area contributed by atoms with Gasteiger partial charge in [0.05, 0.1) is 5.69 Å². The SMILES string of the molecule is CN1CCCC(NC(=O)c2cc(C(=O)O)nc(-c3ccc(OCC(F)(F)F)cc3)c2)C1. The van der Waals surface area contributed by atoms with Crippen molar-refractivity contribution >= 4 is 11.9 Å². The number of nitrogens with one attached hydrogen (secondary N) is 1. The number of hydrogen-bond acceptors (Lipinski definition) is 5. The van der Waals surface area contributed by atoms with E-state index in [1.165, 1.54) is 36.4 Å². The number of carbonyl (C=O) groups excluding carboxylic acids is 1. The molecule has 1 saturated heterocycles. The van der Waals surface area contributed by atoms with E-state index in [9.17, 15) is 27.9 Å². The monoisotopic (exact) mass is 437 g/mol. The molecular weight excluding hydrogens is 415 g/mol. The predicted octanol–water partition coefficient (Wildman–Crippen LogP) is 3.21. The van der Waals surface area contributed by atoms with Crippen LogP contribution in [-0.4, -0.2) is 65.8 Å². The number of aromatic nitrogens is 1. The maximum Gasteiger partial charge on any atom is 0.422 e. The molecule has 1 aromatic heterocycles. The molecule has 1 aliphatic heterocycles. The zero-order valence-electron chi connectivity index (χ0n) is 16.8. The van der Waals surface area contributed by atoms with Gasteiger partial charge in [0.1, 0.15) is 11.4 Å². The molecule has 166 valence electrons. The van der Waals surface area contributed by atoms with E-state index in [0.29, 0.717) is 12.1 Å². The lowest BCUT2D eigenvalue weighted by Crippen LogP contribution is -2.46. The number of benzene rings is 1. The van der Waals surface area contributed by atoms with Crippen LogP contribution in [0.15, 0.2) is 36.4 Å². The summed E-state index contributed by atoms with van der Waals surface area (Å²) in [5, 5.41) is 12.3. The number of nitrogens with zero attached hydrogens (tertiary/aromatic N) is 2. The summed E-state index contributed by atoms with van der Waals surface area (Å²) in [5.74, 6) is -1.69. The quantitative estimate of drug-likeness (QED) is 0.721. The van der Waals surface area contributed by atoms with Crippen LogP contribution < -0.4 is 10.1 Å². The number of carboxylic acids is 1. The molecule has 2 N–H and O–H groups in total. The Morgan fingerprint density at radius 3 is 2.58 bits per heavy atom. The zero-order chi connectivity index (χ0) is 22.6. The molecule has 1 aliphatic rings. The molecular formula is C21H22F3N3O4. The summed E-state index contributed by atoms with van der Waals surface area (Å²) in [6, 6.07) is 8.19. The maximum absolute atomic E-state index is 12.7. The molecule has 1 atom stereocenters. The summed E-state index contributed by atoms with van der Waals surface area (Å²) in [7, 11) is 1.97. The van der Waals surface area contributed by atoms with E-state index >= 15 is 0 Å². The minimum Gasteiger partial charge on any atom is -0.484 e. The van der Waals surface area contributed by atoms with Crippen molar-refractivity contribution in [3.63, 3.8) is 0 Å². The van der Waals surface area contributed by atoms with Crippen molar-refractivity contribution in [3.05, 3.63) is 47.7 Å². The van der Waals surface area contributed by atoms with Crippen LogP contribution in [0.2, 0.25) is 0 Å². The van der Waals surface area contributed by atoms with Crippen molar-refractivity contribution in [2.24, 2.45) is 0 Å². The van der Waals surface area contributed by atoms with Gasteiger partial charge in [0.15, 0.2) is 6.61 Å². The normalized spacial score (nSPS) is 17.2. The fraction of sp³-hybridized carbons (Fsp3) is 0.381. The average molecular weight is 437 g/mol. The molecule has 0 spiro atoms. The summed E-state index contributed by atoms with van der Waals surface area (Å²) in [5.41, 5.74) is 0.496. The maximum atomic E-state index is 12.7. The van der Waals surface area contributed by atoms with E-state index in [1.807, 2.05) is 7.05 Å². The van der Waals surface area contributed by atoms with Gasteiger partial charge in [0.25, 0.3) is 5.91 Å². The van der Waals surface area contributed by atoms with Gasteiger partial charge in [-0.05, 0) is 62.8 Å². The Kier molecular flexibility index (Phi) is 6.79. The van der Waals surface area contributed by atoms with Gasteiger partial charge in [0.2, 0.25) is 0 Å². The van der Waals surface area contributed by atoms with Gasteiger partial charge < -0.3 is 20.1 Å². The van der Waals surface area contributed by atoms with Gasteiger partial charge in [-0.1, -0.05) is 0 Å². The van der Waals surface area contributed by atoms with Crippen LogP contribution in [0.5, 0.6) is 5.75 Å². The lowest BCUT2D eigenvalue weighted by atomic mass is 10.0. The number of rotatable bonds is 6. The molecule has 0 saturated carbocycles. The molecule has 0 aliphatic carbocycles. The first-order valence-electron chi connectivity index (χ1n) is 9.65. The summed E-state index contributed by atoms with van der Waals surface area (Å²) in [6.45, 7) is 0.242. The lowest BCUT2D eigenvalue weighted by molar-refractivity contribution is -0.153. The first-order valence-corrected chi connectivity index (χ1v) is 9.65. The van der Waals surface area contributed by atoms with Crippen LogP contribution in [0.3, 0.4) is 0 Å². The highest BCUT2D eigenvalue weighted by atomic mass is 19.4. The highest BCUT2D eigenvalue weighted by Crippen LogP contribution is 2.24. The molecule has 1 amide bonds. The van der Waals surface area contributed by atoms with E-state index in [1.54, 1.807) is 0 Å². The molecule has 1 unspecified atom stereocenters. The number of carbonyl (C=O) groups is 2. The van der Waals surface area contributed by atoms with Gasteiger partial charge in [-0.15, -0.1) is 0 Å². The van der Waals surface area contributed by atoms with E-state index in [4.69, 9.17) is 0 Å². The zero-order valence-corrected chi connectivity index (χ0v) is 16.8. The second-order valence-electron chi connectivity index (χ2n) is 7.43. The Balaban J connectivity index is 1.81. The fourth-order valence-corrected chi connectivity index (χ4v) is 3.36. The predicted molar refractivity (Wildman–Crippen MR) is 106 cm³/mol. The number of hydrogen-bond donors (Lipinski definition) is 2. The number of likely N-dealkylation sites (N-methyl/N-ethyl adjacent to an activating group) is 1. The minimum absolute atomic E-state index is 0.00912. The molecule has 1 fully saturated rings. The topological polar surface area (TPSA) is 91.8 Å². The number of likely N-dealkylation sites (tertiary alicyclic amines) is 1. The Bertz CT molecular complexity index is 948. The second-order valence-corrected chi connectivity index (χ2v) is 7.43. The average Bonchev–Trinajstić information content (AvgIpc) is 2.71. The Morgan fingerprint density at radius 1 is 1.26 bits per heavy atom. The van der Waals surface area contributed by atoms with Crippen molar-refractivity contribution in [1.29, 1.82) is 0 Å². The highest BCUT2D eigenvalue weighted by molar-refractivity contribution is 5.98. The number of amides is 1. The number of pyridine rings is 1. The Morgan fingerprint density at radius 2 is 1.97 bits per heavy atom. The van der Waals surface area contributed by atoms with Gasteiger partial charge in [-0.2, -0.15) is 13.2 Å². The van der Waals surface area contributed by atoms with Crippen LogP contribution in [0, 0.1) is 0 Å². The molecule has 2 heterocycles. The van der Waals surface area contributed by atoms with Crippen molar-refractivity contribution in [1.82, 2.24) is 15.2 Å². The van der Waals surface area contributed by atoms with Gasteiger partial charge in [-0.3, -0.25) is 4.79 Å². The molecule has 10 heteroatoms. The Labute approximate surface area is 176 Å². The van der Waals surface area contributed by atoms with E-state index in [0.717, 1.165) is 19.4 Å². The van der Waals surface area contributed by atoms with Crippen molar-refractivity contribution in [2.45, 2.75) is 25.1 Å². The van der Waals surface area contributed by atoms with Crippen LogP contribution in [0.25, 0.3) is 11.3 Å². The summed E-state index contributed by atoms with van der Waals surface area (Å²) in [4.78, 5) is 30.4. The number of aromatic carboxylic acids is 1. The number of halogens is 3. The molecule has 1 aromatic carbocycles. The van der Waals surface area contributed by atoms with E-state index < -0.39 is 24.7 Å². The molecule has 31 heavy (non-hydrogen) atoms. The third-order valence-electron chi connectivity index (χ3n) is 4.82. The van der Waals surface area contributed by atoms with Crippen molar-refractivity contribution < 1.29 is 32.6 Å². The Hall–Kier alpha value is -3.14. The molecule has 0 radical (unpaired) electrons. The number of ether oxygens (including phenoxy) is 1. The minimum atomic E-state index is -4.45. The third-order valence-corrected chi connectivity index (χ3v) is 4.82. The lowest BCUT2D eigenvalue weighted by Gasteiger charge is -2.30. The van der Waals surface area contributed by atoms with Crippen LogP contribution in [-0.2, 0) is 0 Å². The number of carboxylic acid groups (broad SMARTS) is 1. The van der Waals surface area contributed by atoms with Crippen LogP contribution >= 0.6 is 0 Å². The standard InChI is InChI=1S/C21H22F3N3O4/c1-27-8-2-3-15(11-27)25-19(28)14-9-17(26-18(10-14)20(29)30)13-4-6-16(7-5-13)31-12-21(22,23)24/h4-7,9-10,15H,2-3,8,11-12H2,1H3,(H,25,28)(H,29,30). The molecule has 0 bridgehead atoms. The fourth-order valence-electron chi connectivity index (χ4n) is 3.36. The number of piperidine rings is 1. The molecule has 2 aromatic rings. The highest BCUT2D eigenvalue weighted by Gasteiger charge is 2.28. The smallest absolute Gasteiger partial charge is 0.422 e. The van der Waals surface area contributed by atoms with Crippen molar-refractivity contribution in [3.8, 4) is 17.0 Å². The molecule has 7 nitrogen and oxygen atoms in total. The third kappa shape index (κ3) is 6.42. The van der Waals surface area contributed by atoms with Crippen LogP contribution in [0.1, 0.15) is 33.7 Å². The van der Waals surface area contributed by atoms with Gasteiger partial charge >= 0.3 is 12.1 Å². The van der Waals surface area contributed by atoms with E-state index in [2.05, 4.69) is 19.9 Å². The van der Waals surface area contributed by atoms with E-state index in [-0.39, 0.29) is 28.7 Å². The molecule has 3 rings (SSSR count). The first kappa shape index (κ1) is 22.5. The second kappa shape index (κ2) is 9.34. The first-order chi connectivity index (χ1) is 14.6. The summed E-state index contributed by atoms with van der Waals surface area (Å²) < 4.78 is 41.5. The largest absolute Gasteiger partial charge is 0.484 e. The summed E-state index contributed by atoms with van der Waals surface area (Å²) in [6.07, 6.45) is -2.67.